The molecule has 4 nitrogen and oxygen atoms in total. The molecule has 1 aromatic rings. The van der Waals surface area contributed by atoms with Crippen molar-refractivity contribution in [3.05, 3.63) is 23.8 Å². The minimum atomic E-state index is -0.120. The van der Waals surface area contributed by atoms with E-state index in [-0.39, 0.29) is 29.4 Å². The van der Waals surface area contributed by atoms with Crippen molar-refractivity contribution < 1.29 is 14.7 Å². The molecule has 1 heterocycles. The van der Waals surface area contributed by atoms with Crippen LogP contribution in [0.3, 0.4) is 0 Å². The van der Waals surface area contributed by atoms with Crippen LogP contribution in [-0.2, 0) is 9.59 Å². The third-order valence-corrected chi connectivity index (χ3v) is 4.01. The van der Waals surface area contributed by atoms with Gasteiger partial charge in [-0.2, -0.15) is 0 Å². The topological polar surface area (TPSA) is 57.6 Å². The average molecular weight is 245 g/mol. The van der Waals surface area contributed by atoms with Crippen molar-refractivity contribution in [2.75, 3.05) is 4.90 Å². The molecule has 2 aliphatic rings. The molecule has 0 radical (unpaired) electrons. The normalized spacial score (nSPS) is 26.8. The van der Waals surface area contributed by atoms with Gasteiger partial charge in [-0.05, 0) is 43.5 Å². The SMILES string of the molecule is Cc1cc(O)ccc1N1C(=O)C2CCCC2C1=O. The van der Waals surface area contributed by atoms with Gasteiger partial charge in [-0.15, -0.1) is 0 Å². The van der Waals surface area contributed by atoms with E-state index in [1.807, 2.05) is 0 Å². The minimum absolute atomic E-state index is 0.0729. The van der Waals surface area contributed by atoms with E-state index in [4.69, 9.17) is 0 Å². The van der Waals surface area contributed by atoms with Crippen molar-refractivity contribution in [2.45, 2.75) is 26.2 Å². The summed E-state index contributed by atoms with van der Waals surface area (Å²) in [5.74, 6) is -0.237. The van der Waals surface area contributed by atoms with E-state index in [0.29, 0.717) is 5.69 Å². The van der Waals surface area contributed by atoms with Crippen molar-refractivity contribution in [1.29, 1.82) is 0 Å². The van der Waals surface area contributed by atoms with Gasteiger partial charge in [0, 0.05) is 0 Å². The second kappa shape index (κ2) is 3.83. The molecule has 18 heavy (non-hydrogen) atoms. The molecule has 1 saturated heterocycles. The summed E-state index contributed by atoms with van der Waals surface area (Å²) in [6, 6.07) is 4.72. The van der Waals surface area contributed by atoms with Crippen LogP contribution in [-0.4, -0.2) is 16.9 Å². The predicted octanol–water partition coefficient (Wildman–Crippen LogP) is 1.99. The number of fused-ring (bicyclic) bond motifs is 1. The highest BCUT2D eigenvalue weighted by molar-refractivity contribution is 6.22. The molecule has 1 saturated carbocycles. The highest BCUT2D eigenvalue weighted by Gasteiger charge is 2.50. The second-order valence-corrected chi connectivity index (χ2v) is 5.13. The van der Waals surface area contributed by atoms with E-state index >= 15 is 0 Å². The number of imide groups is 1. The number of aryl methyl sites for hydroxylation is 1. The van der Waals surface area contributed by atoms with Crippen LogP contribution >= 0.6 is 0 Å². The van der Waals surface area contributed by atoms with Crippen molar-refractivity contribution in [1.82, 2.24) is 0 Å². The number of hydrogen-bond donors (Lipinski definition) is 1. The fourth-order valence-corrected chi connectivity index (χ4v) is 3.12. The van der Waals surface area contributed by atoms with E-state index < -0.39 is 0 Å². The first-order chi connectivity index (χ1) is 8.59. The zero-order chi connectivity index (χ0) is 12.9. The number of carbonyl (C=O) groups is 2. The molecule has 1 aliphatic carbocycles. The second-order valence-electron chi connectivity index (χ2n) is 5.13. The Balaban J connectivity index is 2.02. The van der Waals surface area contributed by atoms with Crippen molar-refractivity contribution in [3.8, 4) is 5.75 Å². The number of carbonyl (C=O) groups excluding carboxylic acids is 2. The van der Waals surface area contributed by atoms with Gasteiger partial charge in [-0.25, -0.2) is 4.90 Å². The molecule has 2 unspecified atom stereocenters. The van der Waals surface area contributed by atoms with E-state index in [0.717, 1.165) is 24.8 Å². The summed E-state index contributed by atoms with van der Waals surface area (Å²) in [4.78, 5) is 25.9. The lowest BCUT2D eigenvalue weighted by Gasteiger charge is -2.18. The van der Waals surface area contributed by atoms with Gasteiger partial charge in [0.05, 0.1) is 17.5 Å². The van der Waals surface area contributed by atoms with Gasteiger partial charge >= 0.3 is 0 Å². The highest BCUT2D eigenvalue weighted by Crippen LogP contribution is 2.42. The Morgan fingerprint density at radius 2 is 1.78 bits per heavy atom. The molecule has 0 bridgehead atoms. The zero-order valence-corrected chi connectivity index (χ0v) is 10.2. The number of rotatable bonds is 1. The lowest BCUT2D eigenvalue weighted by molar-refractivity contribution is -0.122. The Kier molecular flexibility index (Phi) is 2.40. The number of anilines is 1. The number of aromatic hydroxyl groups is 1. The molecule has 94 valence electrons. The zero-order valence-electron chi connectivity index (χ0n) is 10.2. The fourth-order valence-electron chi connectivity index (χ4n) is 3.12. The monoisotopic (exact) mass is 245 g/mol. The summed E-state index contributed by atoms with van der Waals surface area (Å²) >= 11 is 0. The van der Waals surface area contributed by atoms with Crippen molar-refractivity contribution >= 4 is 17.5 Å². The van der Waals surface area contributed by atoms with Gasteiger partial charge in [0.15, 0.2) is 0 Å². The van der Waals surface area contributed by atoms with Crippen LogP contribution in [0.4, 0.5) is 5.69 Å². The summed E-state index contributed by atoms with van der Waals surface area (Å²) in [7, 11) is 0. The molecule has 2 atom stereocenters. The summed E-state index contributed by atoms with van der Waals surface area (Å²) in [6.45, 7) is 1.80. The molecule has 0 spiro atoms. The van der Waals surface area contributed by atoms with Gasteiger partial charge < -0.3 is 5.11 Å². The van der Waals surface area contributed by atoms with Gasteiger partial charge in [0.1, 0.15) is 5.75 Å². The molecule has 1 aliphatic heterocycles. The van der Waals surface area contributed by atoms with E-state index in [2.05, 4.69) is 0 Å². The van der Waals surface area contributed by atoms with Gasteiger partial charge in [-0.1, -0.05) is 6.42 Å². The number of hydrogen-bond acceptors (Lipinski definition) is 3. The van der Waals surface area contributed by atoms with Crippen molar-refractivity contribution in [3.63, 3.8) is 0 Å². The minimum Gasteiger partial charge on any atom is -0.508 e. The molecular weight excluding hydrogens is 230 g/mol. The number of nitrogens with zero attached hydrogens (tertiary/aromatic N) is 1. The maximum atomic E-state index is 12.3. The van der Waals surface area contributed by atoms with E-state index in [1.54, 1.807) is 19.1 Å². The lowest BCUT2D eigenvalue weighted by atomic mass is 10.00. The highest BCUT2D eigenvalue weighted by atomic mass is 16.3. The van der Waals surface area contributed by atoms with Crippen LogP contribution in [0, 0.1) is 18.8 Å². The van der Waals surface area contributed by atoms with Crippen LogP contribution in [0.1, 0.15) is 24.8 Å². The molecule has 1 N–H and O–H groups in total. The predicted molar refractivity (Wildman–Crippen MR) is 66.2 cm³/mol. The largest absolute Gasteiger partial charge is 0.508 e. The van der Waals surface area contributed by atoms with E-state index in [9.17, 15) is 14.7 Å². The molecule has 2 amide bonds. The Morgan fingerprint density at radius 1 is 1.17 bits per heavy atom. The van der Waals surface area contributed by atoms with Gasteiger partial charge in [-0.3, -0.25) is 9.59 Å². The average Bonchev–Trinajstić information content (AvgIpc) is 2.87. The number of amides is 2. The smallest absolute Gasteiger partial charge is 0.237 e. The quantitative estimate of drug-likeness (QED) is 0.770. The maximum absolute atomic E-state index is 12.3. The number of phenols is 1. The van der Waals surface area contributed by atoms with Crippen LogP contribution < -0.4 is 4.90 Å². The van der Waals surface area contributed by atoms with Crippen molar-refractivity contribution in [2.24, 2.45) is 11.8 Å². The van der Waals surface area contributed by atoms with Crippen LogP contribution in [0.15, 0.2) is 18.2 Å². The summed E-state index contributed by atoms with van der Waals surface area (Å²) < 4.78 is 0. The Labute approximate surface area is 105 Å². The molecule has 0 aromatic heterocycles. The molecular formula is C14H15NO3. The maximum Gasteiger partial charge on any atom is 0.237 e. The Morgan fingerprint density at radius 3 is 2.33 bits per heavy atom. The van der Waals surface area contributed by atoms with Crippen LogP contribution in [0.5, 0.6) is 5.75 Å². The van der Waals surface area contributed by atoms with Crippen LogP contribution in [0.25, 0.3) is 0 Å². The number of benzene rings is 1. The fraction of sp³-hybridized carbons (Fsp3) is 0.429. The van der Waals surface area contributed by atoms with Gasteiger partial charge in [0.2, 0.25) is 11.8 Å². The first kappa shape index (κ1) is 11.3. The summed E-state index contributed by atoms with van der Waals surface area (Å²) in [6.07, 6.45) is 2.61. The standard InChI is InChI=1S/C14H15NO3/c1-8-7-9(16)5-6-12(8)15-13(17)10-3-2-4-11(10)14(15)18/h5-7,10-11,16H,2-4H2,1H3. The summed E-state index contributed by atoms with van der Waals surface area (Å²) in [5.41, 5.74) is 1.36. The van der Waals surface area contributed by atoms with E-state index in [1.165, 1.54) is 11.0 Å². The molecule has 3 rings (SSSR count). The Bertz CT molecular complexity index is 516. The first-order valence-electron chi connectivity index (χ1n) is 6.27. The number of phenolic OH excluding ortho intramolecular Hbond substituents is 1. The summed E-state index contributed by atoms with van der Waals surface area (Å²) in [5, 5.41) is 9.39. The lowest BCUT2D eigenvalue weighted by Crippen LogP contribution is -2.32. The molecule has 2 fully saturated rings. The van der Waals surface area contributed by atoms with Crippen LogP contribution in [0.2, 0.25) is 0 Å². The molecule has 4 heteroatoms. The Hall–Kier alpha value is -1.84. The third-order valence-electron chi connectivity index (χ3n) is 4.01. The van der Waals surface area contributed by atoms with Gasteiger partial charge in [0.25, 0.3) is 0 Å². The molecule has 1 aromatic carbocycles. The third kappa shape index (κ3) is 1.45. The first-order valence-corrected chi connectivity index (χ1v) is 6.27.